The van der Waals surface area contributed by atoms with E-state index in [1.807, 2.05) is 0 Å². The zero-order valence-electron chi connectivity index (χ0n) is 17.5. The highest BCUT2D eigenvalue weighted by Crippen LogP contribution is 2.40. The SMILES string of the molecule is Cc1ccc(C(=O)Cc2cc(F)c(F)c([C@]3(C)CS(=O)(=O)C(C)(C)C(N)=N3)c2F)nc1. The molecule has 0 radical (unpaired) electrons. The molecule has 1 aromatic heterocycles. The van der Waals surface area contributed by atoms with Crippen LogP contribution in [0.2, 0.25) is 0 Å². The molecule has 0 unspecified atom stereocenters. The van der Waals surface area contributed by atoms with Gasteiger partial charge in [0, 0.05) is 12.6 Å². The number of carbonyl (C=O) groups is 1. The van der Waals surface area contributed by atoms with Gasteiger partial charge in [-0.25, -0.2) is 21.6 Å². The van der Waals surface area contributed by atoms with E-state index >= 15 is 4.39 Å². The summed E-state index contributed by atoms with van der Waals surface area (Å²) < 4.78 is 68.4. The van der Waals surface area contributed by atoms with Crippen LogP contribution in [0.1, 0.15) is 48.0 Å². The summed E-state index contributed by atoms with van der Waals surface area (Å²) in [6.45, 7) is 5.60. The Morgan fingerprint density at radius 3 is 2.35 bits per heavy atom. The first-order chi connectivity index (χ1) is 14.2. The van der Waals surface area contributed by atoms with Crippen LogP contribution in [0, 0.1) is 24.4 Å². The molecule has 1 aliphatic heterocycles. The maximum atomic E-state index is 15.4. The van der Waals surface area contributed by atoms with E-state index in [4.69, 9.17) is 5.73 Å². The number of carbonyl (C=O) groups excluding carboxylic acids is 1. The summed E-state index contributed by atoms with van der Waals surface area (Å²) in [4.78, 5) is 20.5. The van der Waals surface area contributed by atoms with Gasteiger partial charge in [-0.2, -0.15) is 0 Å². The lowest BCUT2D eigenvalue weighted by atomic mass is 9.89. The maximum absolute atomic E-state index is 15.4. The Hall–Kier alpha value is -2.75. The first kappa shape index (κ1) is 22.9. The summed E-state index contributed by atoms with van der Waals surface area (Å²) in [7, 11) is -3.98. The van der Waals surface area contributed by atoms with Crippen LogP contribution in [0.4, 0.5) is 13.2 Å². The van der Waals surface area contributed by atoms with Gasteiger partial charge < -0.3 is 5.73 Å². The number of hydrogen-bond acceptors (Lipinski definition) is 6. The van der Waals surface area contributed by atoms with E-state index in [1.165, 1.54) is 33.0 Å². The van der Waals surface area contributed by atoms with Gasteiger partial charge in [0.2, 0.25) is 0 Å². The highest BCUT2D eigenvalue weighted by atomic mass is 32.2. The Morgan fingerprint density at radius 1 is 1.16 bits per heavy atom. The third-order valence-electron chi connectivity index (χ3n) is 5.55. The summed E-state index contributed by atoms with van der Waals surface area (Å²) in [6, 6.07) is 3.66. The third kappa shape index (κ3) is 3.84. The van der Waals surface area contributed by atoms with E-state index in [1.54, 1.807) is 13.0 Å². The Labute approximate surface area is 178 Å². The molecule has 1 aliphatic rings. The number of sulfone groups is 1. The molecule has 2 aromatic rings. The topological polar surface area (TPSA) is 102 Å². The van der Waals surface area contributed by atoms with E-state index < -0.39 is 66.7 Å². The highest BCUT2D eigenvalue weighted by molar-refractivity contribution is 7.93. The molecule has 0 fully saturated rings. The number of aryl methyl sites for hydroxylation is 1. The second-order valence-electron chi connectivity index (χ2n) is 8.38. The molecule has 0 spiro atoms. The van der Waals surface area contributed by atoms with Gasteiger partial charge in [0.05, 0.1) is 11.3 Å². The lowest BCUT2D eigenvalue weighted by Gasteiger charge is -2.38. The predicted molar refractivity (Wildman–Crippen MR) is 110 cm³/mol. The van der Waals surface area contributed by atoms with Crippen LogP contribution in [-0.2, 0) is 21.8 Å². The van der Waals surface area contributed by atoms with Crippen LogP contribution in [0.3, 0.4) is 0 Å². The lowest BCUT2D eigenvalue weighted by molar-refractivity contribution is 0.0986. The monoisotopic (exact) mass is 453 g/mol. The number of aliphatic imine (C=N–C) groups is 1. The number of nitrogens with zero attached hydrogens (tertiary/aromatic N) is 2. The summed E-state index contributed by atoms with van der Waals surface area (Å²) in [5.74, 6) is -5.97. The fraction of sp³-hybridized carbons (Fsp3) is 0.381. The largest absolute Gasteiger partial charge is 0.386 e. The molecular weight excluding hydrogens is 431 g/mol. The Kier molecular flexibility index (Phi) is 5.50. The van der Waals surface area contributed by atoms with Crippen molar-refractivity contribution >= 4 is 21.5 Å². The number of halogens is 3. The summed E-state index contributed by atoms with van der Waals surface area (Å²) in [5.41, 5.74) is 3.34. The standard InChI is InChI=1S/C21H22F3N3O3S/c1-11-5-6-14(26-9-11)15(28)8-12-7-13(22)18(24)16(17(12)23)21(4)10-31(29,30)20(2,3)19(25)27-21/h5-7,9H,8,10H2,1-4H3,(H2,25,27)/t21-/m0/s1. The molecule has 1 aromatic carbocycles. The Bertz CT molecular complexity index is 1210. The highest BCUT2D eigenvalue weighted by Gasteiger charge is 2.51. The predicted octanol–water partition coefficient (Wildman–Crippen LogP) is 3.01. The number of hydrogen-bond donors (Lipinski definition) is 1. The average molecular weight is 453 g/mol. The van der Waals surface area contributed by atoms with Crippen LogP contribution in [0.15, 0.2) is 29.4 Å². The molecule has 1 atom stereocenters. The van der Waals surface area contributed by atoms with Gasteiger partial charge >= 0.3 is 0 Å². The van der Waals surface area contributed by atoms with E-state index in [9.17, 15) is 22.0 Å². The molecule has 0 bridgehead atoms. The van der Waals surface area contributed by atoms with Crippen molar-refractivity contribution in [1.29, 1.82) is 0 Å². The van der Waals surface area contributed by atoms with Crippen LogP contribution >= 0.6 is 0 Å². The molecule has 0 amide bonds. The van der Waals surface area contributed by atoms with Crippen LogP contribution in [0.5, 0.6) is 0 Å². The number of nitrogens with two attached hydrogens (primary N) is 1. The summed E-state index contributed by atoms with van der Waals surface area (Å²) in [6.07, 6.45) is 0.854. The number of ketones is 1. The van der Waals surface area contributed by atoms with Gasteiger partial charge in [0.1, 0.15) is 27.6 Å². The van der Waals surface area contributed by atoms with Gasteiger partial charge in [-0.15, -0.1) is 0 Å². The van der Waals surface area contributed by atoms with Crippen molar-refractivity contribution in [2.75, 3.05) is 5.75 Å². The molecule has 6 nitrogen and oxygen atoms in total. The summed E-state index contributed by atoms with van der Waals surface area (Å²) >= 11 is 0. The minimum absolute atomic E-state index is 0.0340. The zero-order valence-corrected chi connectivity index (χ0v) is 18.3. The number of benzene rings is 1. The van der Waals surface area contributed by atoms with E-state index in [2.05, 4.69) is 9.98 Å². The molecule has 3 rings (SSSR count). The number of rotatable bonds is 4. The Morgan fingerprint density at radius 2 is 1.81 bits per heavy atom. The van der Waals surface area contributed by atoms with Crippen molar-refractivity contribution < 1.29 is 26.4 Å². The van der Waals surface area contributed by atoms with Crippen LogP contribution < -0.4 is 5.73 Å². The second-order valence-corrected chi connectivity index (χ2v) is 10.9. The van der Waals surface area contributed by atoms with Gasteiger partial charge in [0.15, 0.2) is 27.3 Å². The van der Waals surface area contributed by atoms with Crippen molar-refractivity contribution in [2.45, 2.75) is 44.4 Å². The van der Waals surface area contributed by atoms with Gasteiger partial charge in [-0.1, -0.05) is 6.07 Å². The van der Waals surface area contributed by atoms with Crippen molar-refractivity contribution in [3.8, 4) is 0 Å². The normalized spacial score (nSPS) is 22.1. The number of Topliss-reactive ketones (excluding diaryl/α,β-unsaturated/α-hetero) is 1. The Balaban J connectivity index is 2.13. The number of pyridine rings is 1. The van der Waals surface area contributed by atoms with E-state index in [0.717, 1.165) is 5.56 Å². The maximum Gasteiger partial charge on any atom is 0.185 e. The molecule has 0 saturated carbocycles. The number of amidine groups is 1. The van der Waals surface area contributed by atoms with E-state index in [0.29, 0.717) is 6.07 Å². The van der Waals surface area contributed by atoms with Crippen LogP contribution in [0.25, 0.3) is 0 Å². The molecule has 0 aliphatic carbocycles. The molecule has 2 heterocycles. The van der Waals surface area contributed by atoms with Crippen molar-refractivity contribution in [3.63, 3.8) is 0 Å². The fourth-order valence-corrected chi connectivity index (χ4v) is 5.10. The molecule has 166 valence electrons. The van der Waals surface area contributed by atoms with Crippen molar-refractivity contribution in [2.24, 2.45) is 10.7 Å². The van der Waals surface area contributed by atoms with Gasteiger partial charge in [-0.05, 0) is 51.0 Å². The van der Waals surface area contributed by atoms with Gasteiger partial charge in [-0.3, -0.25) is 14.8 Å². The number of aromatic nitrogens is 1. The minimum Gasteiger partial charge on any atom is -0.386 e. The smallest absolute Gasteiger partial charge is 0.185 e. The van der Waals surface area contributed by atoms with Gasteiger partial charge in [0.25, 0.3) is 0 Å². The van der Waals surface area contributed by atoms with Crippen LogP contribution in [-0.4, -0.2) is 35.5 Å². The second kappa shape index (κ2) is 7.44. The summed E-state index contributed by atoms with van der Waals surface area (Å²) in [5, 5.41) is 0. The average Bonchev–Trinajstić information content (AvgIpc) is 2.64. The zero-order chi connectivity index (χ0) is 23.4. The minimum atomic E-state index is -3.98. The quantitative estimate of drug-likeness (QED) is 0.566. The molecule has 2 N–H and O–H groups in total. The third-order valence-corrected chi connectivity index (χ3v) is 8.26. The lowest BCUT2D eigenvalue weighted by Crippen LogP contribution is -2.55. The fourth-order valence-electron chi connectivity index (χ4n) is 3.42. The molecule has 10 heteroatoms. The first-order valence-electron chi connectivity index (χ1n) is 9.40. The van der Waals surface area contributed by atoms with E-state index in [-0.39, 0.29) is 11.5 Å². The van der Waals surface area contributed by atoms with Crippen molar-refractivity contribution in [1.82, 2.24) is 4.98 Å². The molecule has 0 saturated heterocycles. The molecular formula is C21H22F3N3O3S. The van der Waals surface area contributed by atoms with Crippen molar-refractivity contribution in [3.05, 3.63) is 64.2 Å². The first-order valence-corrected chi connectivity index (χ1v) is 11.1. The molecule has 31 heavy (non-hydrogen) atoms.